The number of rotatable bonds is 8. The minimum Gasteiger partial charge on any atom is -0.400 e. The number of aliphatic hydroxyl groups is 2. The van der Waals surface area contributed by atoms with E-state index in [0.29, 0.717) is 30.5 Å². The molecule has 0 spiro atoms. The van der Waals surface area contributed by atoms with Crippen LogP contribution in [-0.2, 0) is 11.4 Å². The summed E-state index contributed by atoms with van der Waals surface area (Å²) in [5.41, 5.74) is 0.980. The van der Waals surface area contributed by atoms with Crippen LogP contribution in [0.2, 0.25) is 0 Å². The van der Waals surface area contributed by atoms with Crippen molar-refractivity contribution in [1.29, 1.82) is 0 Å². The molecule has 3 N–H and O–H groups in total. The highest BCUT2D eigenvalue weighted by molar-refractivity contribution is 5.94. The highest BCUT2D eigenvalue weighted by Gasteiger charge is 2.06. The van der Waals surface area contributed by atoms with Crippen molar-refractivity contribution in [2.24, 2.45) is 5.92 Å². The Bertz CT molecular complexity index is 477. The first-order chi connectivity index (χ1) is 11.9. The second-order valence-corrected chi connectivity index (χ2v) is 5.62. The van der Waals surface area contributed by atoms with Gasteiger partial charge in [0, 0.05) is 25.8 Å². The highest BCUT2D eigenvalue weighted by atomic mass is 16.9. The number of unbranched alkanes of at least 4 members (excludes halogenated alkanes) is 1. The van der Waals surface area contributed by atoms with Crippen molar-refractivity contribution >= 4 is 5.91 Å². The molecule has 0 atom stereocenters. The molecule has 1 aromatic carbocycles. The van der Waals surface area contributed by atoms with Crippen LogP contribution in [0, 0.1) is 16.0 Å². The van der Waals surface area contributed by atoms with Crippen LogP contribution in [0.25, 0.3) is 0 Å². The van der Waals surface area contributed by atoms with E-state index in [2.05, 4.69) is 30.9 Å². The molecular formula is C17H30N2O6. The predicted molar refractivity (Wildman–Crippen MR) is 95.5 cm³/mol. The van der Waals surface area contributed by atoms with Gasteiger partial charge in [-0.15, -0.1) is 10.1 Å². The second kappa shape index (κ2) is 16.7. The van der Waals surface area contributed by atoms with Gasteiger partial charge >= 0.3 is 0 Å². The Morgan fingerprint density at radius 1 is 1.28 bits per heavy atom. The largest absolute Gasteiger partial charge is 0.400 e. The number of hydrogen-bond acceptors (Lipinski definition) is 6. The fourth-order valence-electron chi connectivity index (χ4n) is 1.47. The summed E-state index contributed by atoms with van der Waals surface area (Å²) in [6.07, 6.45) is 1.34. The second-order valence-electron chi connectivity index (χ2n) is 5.62. The van der Waals surface area contributed by atoms with Crippen molar-refractivity contribution < 1.29 is 24.9 Å². The van der Waals surface area contributed by atoms with E-state index in [1.165, 1.54) is 0 Å². The fraction of sp³-hybridized carbons (Fsp3) is 0.588. The van der Waals surface area contributed by atoms with E-state index in [4.69, 9.17) is 10.2 Å². The monoisotopic (exact) mass is 358 g/mol. The van der Waals surface area contributed by atoms with Gasteiger partial charge in [-0.3, -0.25) is 4.79 Å². The lowest BCUT2D eigenvalue weighted by Gasteiger charge is -2.06. The number of carbonyl (C=O) groups is 1. The Kier molecular flexibility index (Phi) is 16.7. The van der Waals surface area contributed by atoms with Gasteiger partial charge in [0.25, 0.3) is 11.0 Å². The van der Waals surface area contributed by atoms with Crippen molar-refractivity contribution in [1.82, 2.24) is 5.32 Å². The summed E-state index contributed by atoms with van der Waals surface area (Å²) in [5, 5.41) is 27.5. The standard InChI is InChI=1S/C12H16N2O5.C4H10.CH4O/c15-7-2-1-6-13-12(16)11-5-3-4-10(8-11)9-19-14(17)18;1-4(2)3;1-2/h3-5,8,15H,1-2,6-7,9H2,(H,13,16);4H,1-3H3;2H,1H3. The van der Waals surface area contributed by atoms with Crippen LogP contribution in [0.3, 0.4) is 0 Å². The van der Waals surface area contributed by atoms with Gasteiger partial charge < -0.3 is 20.4 Å². The molecule has 1 rings (SSSR count). The molecule has 0 saturated heterocycles. The molecule has 25 heavy (non-hydrogen) atoms. The van der Waals surface area contributed by atoms with Crippen molar-refractivity contribution in [2.45, 2.75) is 40.2 Å². The highest BCUT2D eigenvalue weighted by Crippen LogP contribution is 2.07. The predicted octanol–water partition coefficient (Wildman–Crippen LogP) is 2.17. The average molecular weight is 358 g/mol. The first-order valence-corrected chi connectivity index (χ1v) is 8.06. The normalized spacial score (nSPS) is 9.24. The molecule has 0 fully saturated rings. The molecule has 0 unspecified atom stereocenters. The van der Waals surface area contributed by atoms with Gasteiger partial charge in [-0.05, 0) is 36.5 Å². The third-order valence-corrected chi connectivity index (χ3v) is 2.40. The minimum atomic E-state index is -0.873. The van der Waals surface area contributed by atoms with E-state index >= 15 is 0 Å². The Morgan fingerprint density at radius 3 is 2.40 bits per heavy atom. The van der Waals surface area contributed by atoms with Crippen LogP contribution < -0.4 is 5.32 Å². The lowest BCUT2D eigenvalue weighted by molar-refractivity contribution is -0.763. The van der Waals surface area contributed by atoms with E-state index in [1.807, 2.05) is 0 Å². The molecular weight excluding hydrogens is 328 g/mol. The zero-order valence-electron chi connectivity index (χ0n) is 15.4. The van der Waals surface area contributed by atoms with Crippen molar-refractivity contribution in [3.8, 4) is 0 Å². The molecule has 0 saturated carbocycles. The lowest BCUT2D eigenvalue weighted by Crippen LogP contribution is -2.24. The summed E-state index contributed by atoms with van der Waals surface area (Å²) in [4.78, 5) is 26.1. The number of hydrogen-bond donors (Lipinski definition) is 3. The maximum atomic E-state index is 11.7. The van der Waals surface area contributed by atoms with Gasteiger partial charge in [0.1, 0.15) is 6.61 Å². The van der Waals surface area contributed by atoms with E-state index in [1.54, 1.807) is 24.3 Å². The maximum Gasteiger partial charge on any atom is 0.294 e. The number of amides is 1. The SMILES string of the molecule is CC(C)C.CO.O=C(NCCCCO)c1cccc(CO[N+](=O)[O-])c1. The molecule has 8 heteroatoms. The quantitative estimate of drug-likeness (QED) is 0.372. The van der Waals surface area contributed by atoms with Crippen molar-refractivity contribution in [3.05, 3.63) is 45.5 Å². The molecule has 1 amide bonds. The van der Waals surface area contributed by atoms with Gasteiger partial charge in [0.2, 0.25) is 0 Å². The van der Waals surface area contributed by atoms with Gasteiger partial charge in [-0.1, -0.05) is 32.9 Å². The summed E-state index contributed by atoms with van der Waals surface area (Å²) in [6, 6.07) is 6.45. The molecule has 0 aliphatic heterocycles. The Hall–Kier alpha value is -2.19. The molecule has 0 bridgehead atoms. The summed E-state index contributed by atoms with van der Waals surface area (Å²) in [7, 11) is 1.00. The molecule has 144 valence electrons. The first kappa shape index (κ1) is 25.1. The molecule has 0 aliphatic rings. The fourth-order valence-corrected chi connectivity index (χ4v) is 1.47. The number of nitrogens with zero attached hydrogens (tertiary/aromatic N) is 1. The maximum absolute atomic E-state index is 11.7. The van der Waals surface area contributed by atoms with E-state index in [9.17, 15) is 14.9 Å². The number of benzene rings is 1. The average Bonchev–Trinajstić information content (AvgIpc) is 2.58. The summed E-state index contributed by atoms with van der Waals surface area (Å²) in [5.74, 6) is 0.584. The van der Waals surface area contributed by atoms with Crippen LogP contribution >= 0.6 is 0 Å². The van der Waals surface area contributed by atoms with Gasteiger partial charge in [0.15, 0.2) is 0 Å². The van der Waals surface area contributed by atoms with Crippen LogP contribution in [0.1, 0.15) is 49.5 Å². The zero-order valence-corrected chi connectivity index (χ0v) is 15.4. The summed E-state index contributed by atoms with van der Waals surface area (Å²) < 4.78 is 0. The lowest BCUT2D eigenvalue weighted by atomic mass is 10.1. The van der Waals surface area contributed by atoms with E-state index in [-0.39, 0.29) is 19.1 Å². The third kappa shape index (κ3) is 16.5. The number of nitrogens with one attached hydrogen (secondary N) is 1. The number of aliphatic hydroxyl groups excluding tert-OH is 2. The van der Waals surface area contributed by atoms with Crippen LogP contribution in [0.4, 0.5) is 0 Å². The Morgan fingerprint density at radius 2 is 1.88 bits per heavy atom. The Labute approximate surface area is 148 Å². The van der Waals surface area contributed by atoms with Crippen molar-refractivity contribution in [3.63, 3.8) is 0 Å². The van der Waals surface area contributed by atoms with Crippen molar-refractivity contribution in [2.75, 3.05) is 20.3 Å². The van der Waals surface area contributed by atoms with E-state index in [0.717, 1.165) is 13.0 Å². The first-order valence-electron chi connectivity index (χ1n) is 8.06. The third-order valence-electron chi connectivity index (χ3n) is 2.40. The van der Waals surface area contributed by atoms with Crippen LogP contribution in [0.15, 0.2) is 24.3 Å². The molecule has 8 nitrogen and oxygen atoms in total. The summed E-state index contributed by atoms with van der Waals surface area (Å²) in [6.45, 7) is 6.90. The van der Waals surface area contributed by atoms with Crippen LogP contribution in [-0.4, -0.2) is 41.5 Å². The van der Waals surface area contributed by atoms with E-state index < -0.39 is 5.09 Å². The molecule has 0 aromatic heterocycles. The minimum absolute atomic E-state index is 0.101. The Balaban J connectivity index is 0. The molecule has 0 aliphatic carbocycles. The molecule has 0 radical (unpaired) electrons. The van der Waals surface area contributed by atoms with Gasteiger partial charge in [0.05, 0.1) is 0 Å². The molecule has 1 aromatic rings. The smallest absolute Gasteiger partial charge is 0.294 e. The molecule has 0 heterocycles. The van der Waals surface area contributed by atoms with Crippen LogP contribution in [0.5, 0.6) is 0 Å². The number of carbonyl (C=O) groups excluding carboxylic acids is 1. The summed E-state index contributed by atoms with van der Waals surface area (Å²) >= 11 is 0. The topological polar surface area (TPSA) is 122 Å². The van der Waals surface area contributed by atoms with Gasteiger partial charge in [-0.2, -0.15) is 0 Å². The zero-order chi connectivity index (χ0) is 19.7. The van der Waals surface area contributed by atoms with Gasteiger partial charge in [-0.25, -0.2) is 0 Å².